The van der Waals surface area contributed by atoms with Crippen LogP contribution in [0.5, 0.6) is 5.75 Å². The van der Waals surface area contributed by atoms with E-state index < -0.39 is 22.0 Å². The molecule has 1 aliphatic rings. The molecule has 3 aromatic carbocycles. The molecule has 0 bridgehead atoms. The number of benzene rings is 3. The molecule has 2 heterocycles. The molecule has 34 heavy (non-hydrogen) atoms. The Hall–Kier alpha value is -3.63. The van der Waals surface area contributed by atoms with Crippen molar-refractivity contribution >= 4 is 61.1 Å². The van der Waals surface area contributed by atoms with Gasteiger partial charge in [-0.05, 0) is 24.6 Å². The maximum atomic E-state index is 13.0. The lowest BCUT2D eigenvalue weighted by molar-refractivity contribution is -0.141. The average molecular weight is 494 g/mol. The first-order valence-electron chi connectivity index (χ1n) is 10.5. The third kappa shape index (κ3) is 3.95. The van der Waals surface area contributed by atoms with Crippen LogP contribution in [0.1, 0.15) is 19.3 Å². The summed E-state index contributed by atoms with van der Waals surface area (Å²) in [6, 6.07) is 17.7. The van der Waals surface area contributed by atoms with E-state index in [9.17, 15) is 23.1 Å². The number of aromatic hydroxyl groups is 1. The number of nitrogens with one attached hydrogen (secondary N) is 1. The van der Waals surface area contributed by atoms with Crippen molar-refractivity contribution in [1.82, 2.24) is 9.29 Å². The Kier molecular flexibility index (Phi) is 5.62. The second-order valence-corrected chi connectivity index (χ2v) is 10.4. The fourth-order valence-electron chi connectivity index (χ4n) is 3.96. The normalized spacial score (nSPS) is 14.6. The molecule has 10 heteroatoms. The van der Waals surface area contributed by atoms with E-state index in [-0.39, 0.29) is 24.3 Å². The quantitative estimate of drug-likeness (QED) is 0.312. The lowest BCUT2D eigenvalue weighted by atomic mass is 10.1. The van der Waals surface area contributed by atoms with Crippen LogP contribution in [0.15, 0.2) is 76.7 Å². The number of aromatic nitrogens is 1. The number of pyridine rings is 1. The van der Waals surface area contributed by atoms with Gasteiger partial charge in [-0.3, -0.25) is 19.3 Å². The van der Waals surface area contributed by atoms with E-state index in [1.54, 1.807) is 30.5 Å². The smallest absolute Gasteiger partial charge is 0.332 e. The predicted molar refractivity (Wildman–Crippen MR) is 130 cm³/mol. The number of carbonyl (C=O) groups is 2. The molecule has 4 aromatic rings. The number of phenols is 1. The molecule has 5 rings (SSSR count). The minimum absolute atomic E-state index is 0.0124. The first kappa shape index (κ1) is 22.2. The molecule has 2 N–H and O–H groups in total. The van der Waals surface area contributed by atoms with Crippen LogP contribution in [0.3, 0.4) is 0 Å². The Morgan fingerprint density at radius 1 is 0.912 bits per heavy atom. The molecule has 0 radical (unpaired) electrons. The number of hydrogen-bond donors (Lipinski definition) is 2. The van der Waals surface area contributed by atoms with Crippen molar-refractivity contribution < 1.29 is 23.1 Å². The maximum Gasteiger partial charge on any atom is 0.332 e. The summed E-state index contributed by atoms with van der Waals surface area (Å²) in [4.78, 5) is 30.1. The minimum atomic E-state index is -4.48. The van der Waals surface area contributed by atoms with Crippen molar-refractivity contribution in [2.45, 2.75) is 29.1 Å². The van der Waals surface area contributed by atoms with E-state index in [0.29, 0.717) is 26.4 Å². The van der Waals surface area contributed by atoms with Gasteiger partial charge in [0.25, 0.3) is 0 Å². The van der Waals surface area contributed by atoms with Gasteiger partial charge in [0, 0.05) is 40.1 Å². The van der Waals surface area contributed by atoms with Gasteiger partial charge in [0.2, 0.25) is 11.8 Å². The molecule has 0 unspecified atom stereocenters. The van der Waals surface area contributed by atoms with Crippen LogP contribution in [0, 0.1) is 0 Å². The van der Waals surface area contributed by atoms with Crippen molar-refractivity contribution in [3.8, 4) is 5.75 Å². The number of piperidine rings is 1. The highest BCUT2D eigenvalue weighted by molar-refractivity contribution is 7.99. The molecular formula is C24H19N3O5S2. The van der Waals surface area contributed by atoms with Gasteiger partial charge in [-0.1, -0.05) is 54.2 Å². The topological polar surface area (TPSA) is 117 Å². The zero-order chi connectivity index (χ0) is 23.9. The first-order valence-corrected chi connectivity index (χ1v) is 12.8. The molecule has 2 amide bonds. The Labute approximate surface area is 199 Å². The van der Waals surface area contributed by atoms with Gasteiger partial charge in [-0.15, -0.1) is 0 Å². The highest BCUT2D eigenvalue weighted by Gasteiger charge is 2.36. The summed E-state index contributed by atoms with van der Waals surface area (Å²) in [7, 11) is -4.48. The first-order chi connectivity index (χ1) is 16.3. The number of hydrogen-bond acceptors (Lipinski definition) is 7. The van der Waals surface area contributed by atoms with E-state index in [4.69, 9.17) is 0 Å². The third-order valence-corrected chi connectivity index (χ3v) is 7.96. The lowest BCUT2D eigenvalue weighted by Gasteiger charge is -2.25. The van der Waals surface area contributed by atoms with Gasteiger partial charge >= 0.3 is 10.2 Å². The molecule has 0 atom stereocenters. The van der Waals surface area contributed by atoms with Crippen LogP contribution in [0.4, 0.5) is 5.69 Å². The minimum Gasteiger partial charge on any atom is -0.506 e. The molecule has 8 nitrogen and oxygen atoms in total. The Morgan fingerprint density at radius 2 is 1.62 bits per heavy atom. The molecule has 1 aromatic heterocycles. The average Bonchev–Trinajstić information content (AvgIpc) is 2.82. The summed E-state index contributed by atoms with van der Waals surface area (Å²) in [5.74, 6) is -1.53. The number of carbonyl (C=O) groups excluding carboxylic acids is 2. The van der Waals surface area contributed by atoms with Gasteiger partial charge in [0.15, 0.2) is 0 Å². The fourth-order valence-corrected chi connectivity index (χ4v) is 6.25. The van der Waals surface area contributed by atoms with Crippen molar-refractivity contribution in [2.75, 3.05) is 4.72 Å². The van der Waals surface area contributed by atoms with Crippen molar-refractivity contribution in [1.29, 1.82) is 0 Å². The summed E-state index contributed by atoms with van der Waals surface area (Å²) < 4.78 is 28.8. The second kappa shape index (κ2) is 8.62. The molecule has 1 aliphatic heterocycles. The molecular weight excluding hydrogens is 474 g/mol. The summed E-state index contributed by atoms with van der Waals surface area (Å²) in [5, 5.41) is 12.8. The highest BCUT2D eigenvalue weighted by atomic mass is 32.2. The molecule has 1 saturated heterocycles. The van der Waals surface area contributed by atoms with Gasteiger partial charge in [-0.25, -0.2) is 0 Å². The molecule has 0 spiro atoms. The highest BCUT2D eigenvalue weighted by Crippen LogP contribution is 2.44. The zero-order valence-electron chi connectivity index (χ0n) is 17.8. The zero-order valence-corrected chi connectivity index (χ0v) is 19.4. The molecule has 172 valence electrons. The van der Waals surface area contributed by atoms with Gasteiger partial charge in [-0.2, -0.15) is 12.7 Å². The Morgan fingerprint density at radius 3 is 2.38 bits per heavy atom. The number of nitrogens with zero attached hydrogens (tertiary/aromatic N) is 2. The predicted octanol–water partition coefficient (Wildman–Crippen LogP) is 4.44. The van der Waals surface area contributed by atoms with E-state index in [2.05, 4.69) is 9.71 Å². The largest absolute Gasteiger partial charge is 0.506 e. The van der Waals surface area contributed by atoms with Crippen LogP contribution in [-0.4, -0.2) is 34.6 Å². The number of para-hydroxylation sites is 1. The Balaban J connectivity index is 1.61. The maximum absolute atomic E-state index is 13.0. The second-order valence-electron chi connectivity index (χ2n) is 7.76. The van der Waals surface area contributed by atoms with E-state index in [1.807, 2.05) is 30.3 Å². The summed E-state index contributed by atoms with van der Waals surface area (Å²) in [6.07, 6.45) is 1.97. The van der Waals surface area contributed by atoms with Crippen LogP contribution < -0.4 is 4.72 Å². The van der Waals surface area contributed by atoms with Gasteiger partial charge in [0.1, 0.15) is 5.75 Å². The number of amides is 2. The number of fused-ring (bicyclic) bond motifs is 2. The van der Waals surface area contributed by atoms with Crippen LogP contribution in [-0.2, 0) is 19.8 Å². The number of anilines is 1. The summed E-state index contributed by atoms with van der Waals surface area (Å²) >= 11 is 1.24. The summed E-state index contributed by atoms with van der Waals surface area (Å²) in [5.41, 5.74) is 0.893. The SMILES string of the molecule is O=C1CCCC(=O)N1S(=O)(=O)Nc1cc(Sc2cccc3cccnc23)c(O)c2ccccc12. The van der Waals surface area contributed by atoms with Crippen LogP contribution in [0.2, 0.25) is 0 Å². The van der Waals surface area contributed by atoms with Crippen molar-refractivity contribution in [3.63, 3.8) is 0 Å². The molecule has 1 fully saturated rings. The van der Waals surface area contributed by atoms with Gasteiger partial charge < -0.3 is 5.11 Å². The van der Waals surface area contributed by atoms with E-state index >= 15 is 0 Å². The summed E-state index contributed by atoms with van der Waals surface area (Å²) in [6.45, 7) is 0. The van der Waals surface area contributed by atoms with Crippen molar-refractivity contribution in [3.05, 3.63) is 66.9 Å². The van der Waals surface area contributed by atoms with Crippen molar-refractivity contribution in [2.24, 2.45) is 0 Å². The standard InChI is InChI=1S/C24H19N3O5S2/c28-21-11-4-12-22(29)27(21)34(31,32)26-18-14-20(24(30)17-9-2-1-8-16(17)18)33-19-10-3-6-15-7-5-13-25-23(15)19/h1-3,5-10,13-14,26,30H,4,11-12H2. The van der Waals surface area contributed by atoms with Crippen LogP contribution in [0.25, 0.3) is 21.7 Å². The van der Waals surface area contributed by atoms with E-state index in [0.717, 1.165) is 15.8 Å². The lowest BCUT2D eigenvalue weighted by Crippen LogP contribution is -2.46. The third-order valence-electron chi connectivity index (χ3n) is 5.51. The van der Waals surface area contributed by atoms with E-state index in [1.165, 1.54) is 17.8 Å². The van der Waals surface area contributed by atoms with Crippen LogP contribution >= 0.6 is 11.8 Å². The Bertz CT molecular complexity index is 1550. The number of imide groups is 1. The number of phenolic OH excluding ortho intramolecular Hbond substituents is 1. The fraction of sp³-hybridized carbons (Fsp3) is 0.125. The van der Waals surface area contributed by atoms with Gasteiger partial charge in [0.05, 0.1) is 16.1 Å². The molecule has 0 saturated carbocycles. The number of rotatable bonds is 5. The molecule has 0 aliphatic carbocycles. The monoisotopic (exact) mass is 493 g/mol.